The molecule has 1 heterocycles. The molecule has 1 N–H and O–H groups in total. The topological polar surface area (TPSA) is 72.7 Å². The summed E-state index contributed by atoms with van der Waals surface area (Å²) in [5.74, 6) is 0.427. The maximum absolute atomic E-state index is 12.8. The largest absolute Gasteiger partial charge is 0.416 e. The summed E-state index contributed by atoms with van der Waals surface area (Å²) in [5.41, 5.74) is 0.573. The van der Waals surface area contributed by atoms with Gasteiger partial charge >= 0.3 is 6.18 Å². The van der Waals surface area contributed by atoms with E-state index < -0.39 is 11.7 Å². The van der Waals surface area contributed by atoms with E-state index in [0.717, 1.165) is 21.8 Å². The molecular formula is C19H18F3N5OS. The average Bonchev–Trinajstić information content (AvgIpc) is 3.14. The van der Waals surface area contributed by atoms with Crippen LogP contribution in [0.15, 0.2) is 53.4 Å². The molecule has 0 unspecified atom stereocenters. The summed E-state index contributed by atoms with van der Waals surface area (Å²) < 4.78 is 38.5. The van der Waals surface area contributed by atoms with Gasteiger partial charge in [-0.05, 0) is 36.4 Å². The number of aryl methyl sites for hydroxylation is 1. The van der Waals surface area contributed by atoms with Crippen LogP contribution in [0.3, 0.4) is 0 Å². The van der Waals surface area contributed by atoms with Gasteiger partial charge in [-0.1, -0.05) is 29.8 Å². The zero-order chi connectivity index (χ0) is 20.9. The Bertz CT molecular complexity index is 972. The van der Waals surface area contributed by atoms with Crippen molar-refractivity contribution in [2.24, 2.45) is 0 Å². The van der Waals surface area contributed by atoms with Crippen molar-refractivity contribution < 1.29 is 18.0 Å². The lowest BCUT2D eigenvalue weighted by Gasteiger charge is -2.06. The Kier molecular flexibility index (Phi) is 6.53. The predicted octanol–water partition coefficient (Wildman–Crippen LogP) is 3.58. The zero-order valence-corrected chi connectivity index (χ0v) is 16.3. The molecule has 3 aromatic rings. The molecule has 0 fully saturated rings. The highest BCUT2D eigenvalue weighted by Crippen LogP contribution is 2.31. The molecule has 0 aliphatic rings. The Hall–Kier alpha value is -2.88. The first-order valence-electron chi connectivity index (χ1n) is 8.73. The van der Waals surface area contributed by atoms with Crippen LogP contribution in [0.5, 0.6) is 0 Å². The Labute approximate surface area is 169 Å². The molecule has 6 nitrogen and oxygen atoms in total. The molecule has 29 heavy (non-hydrogen) atoms. The van der Waals surface area contributed by atoms with Gasteiger partial charge in [-0.15, -0.1) is 22.0 Å². The summed E-state index contributed by atoms with van der Waals surface area (Å²) in [7, 11) is 0. The number of amides is 1. The number of tetrazole rings is 1. The van der Waals surface area contributed by atoms with Gasteiger partial charge in [0.25, 0.3) is 0 Å². The lowest BCUT2D eigenvalue weighted by atomic mass is 10.1. The third-order valence-corrected chi connectivity index (χ3v) is 4.91. The number of benzene rings is 2. The van der Waals surface area contributed by atoms with E-state index in [2.05, 4.69) is 20.7 Å². The van der Waals surface area contributed by atoms with E-state index in [4.69, 9.17) is 0 Å². The average molecular weight is 421 g/mol. The summed E-state index contributed by atoms with van der Waals surface area (Å²) in [5, 5.41) is 14.2. The maximum Gasteiger partial charge on any atom is 0.416 e. The fourth-order valence-electron chi connectivity index (χ4n) is 2.44. The molecule has 1 aromatic heterocycles. The molecule has 1 amide bonds. The second kappa shape index (κ2) is 9.08. The summed E-state index contributed by atoms with van der Waals surface area (Å²) >= 11 is 1.63. The highest BCUT2D eigenvalue weighted by Gasteiger charge is 2.30. The number of rotatable bonds is 7. The van der Waals surface area contributed by atoms with Crippen molar-refractivity contribution in [1.29, 1.82) is 0 Å². The Morgan fingerprint density at radius 1 is 1.17 bits per heavy atom. The first-order valence-corrected chi connectivity index (χ1v) is 9.71. The Balaban J connectivity index is 1.49. The predicted molar refractivity (Wildman–Crippen MR) is 103 cm³/mol. The highest BCUT2D eigenvalue weighted by molar-refractivity contribution is 7.99. The molecular weight excluding hydrogens is 403 g/mol. The van der Waals surface area contributed by atoms with E-state index in [1.807, 2.05) is 31.2 Å². The minimum absolute atomic E-state index is 0.0267. The van der Waals surface area contributed by atoms with E-state index in [1.54, 1.807) is 11.8 Å². The van der Waals surface area contributed by atoms with Crippen LogP contribution in [-0.4, -0.2) is 38.4 Å². The van der Waals surface area contributed by atoms with Crippen LogP contribution < -0.4 is 5.32 Å². The van der Waals surface area contributed by atoms with Gasteiger partial charge in [-0.3, -0.25) is 4.79 Å². The van der Waals surface area contributed by atoms with Crippen molar-refractivity contribution in [3.05, 3.63) is 59.7 Å². The van der Waals surface area contributed by atoms with Crippen LogP contribution in [-0.2, 0) is 17.5 Å². The molecule has 3 rings (SSSR count). The number of nitrogens with one attached hydrogen (secondary N) is 1. The van der Waals surface area contributed by atoms with E-state index in [1.165, 1.54) is 17.7 Å². The number of aromatic nitrogens is 4. The van der Waals surface area contributed by atoms with Crippen LogP contribution in [0.1, 0.15) is 11.1 Å². The normalized spacial score (nSPS) is 11.4. The lowest BCUT2D eigenvalue weighted by Crippen LogP contribution is -2.30. The minimum Gasteiger partial charge on any atom is -0.354 e. The Morgan fingerprint density at radius 3 is 2.66 bits per heavy atom. The molecule has 0 atom stereocenters. The number of hydrogen-bond acceptors (Lipinski definition) is 5. The van der Waals surface area contributed by atoms with Gasteiger partial charge in [-0.25, -0.2) is 0 Å². The van der Waals surface area contributed by atoms with Crippen molar-refractivity contribution >= 4 is 17.7 Å². The summed E-state index contributed by atoms with van der Waals surface area (Å²) in [6, 6.07) is 12.8. The molecule has 0 saturated heterocycles. The molecule has 0 spiro atoms. The first-order chi connectivity index (χ1) is 13.8. The summed E-state index contributed by atoms with van der Waals surface area (Å²) in [6.07, 6.45) is -4.46. The quantitative estimate of drug-likeness (QED) is 0.466. The van der Waals surface area contributed by atoms with Crippen LogP contribution in [0.2, 0.25) is 0 Å². The van der Waals surface area contributed by atoms with E-state index in [-0.39, 0.29) is 23.8 Å². The van der Waals surface area contributed by atoms with Gasteiger partial charge in [0.1, 0.15) is 6.54 Å². The number of hydrogen-bond donors (Lipinski definition) is 1. The molecule has 0 bridgehead atoms. The van der Waals surface area contributed by atoms with Crippen LogP contribution in [0, 0.1) is 6.92 Å². The smallest absolute Gasteiger partial charge is 0.354 e. The van der Waals surface area contributed by atoms with E-state index >= 15 is 0 Å². The molecule has 0 radical (unpaired) electrons. The monoisotopic (exact) mass is 421 g/mol. The summed E-state index contributed by atoms with van der Waals surface area (Å²) in [6.45, 7) is 2.32. The first kappa shape index (κ1) is 20.8. The van der Waals surface area contributed by atoms with Gasteiger partial charge in [0.05, 0.1) is 5.56 Å². The van der Waals surface area contributed by atoms with Crippen LogP contribution >= 0.6 is 11.8 Å². The molecule has 152 valence electrons. The van der Waals surface area contributed by atoms with Crippen molar-refractivity contribution in [2.45, 2.75) is 24.5 Å². The van der Waals surface area contributed by atoms with Gasteiger partial charge in [0, 0.05) is 22.8 Å². The van der Waals surface area contributed by atoms with Gasteiger partial charge in [-0.2, -0.15) is 18.0 Å². The lowest BCUT2D eigenvalue weighted by molar-refractivity contribution is -0.137. The molecule has 0 saturated carbocycles. The number of nitrogens with zero attached hydrogens (tertiary/aromatic N) is 4. The van der Waals surface area contributed by atoms with Crippen molar-refractivity contribution in [2.75, 3.05) is 12.3 Å². The SMILES string of the molecule is Cc1ccc(SCCNC(=O)Cn2nnc(-c3cccc(C(F)(F)F)c3)n2)cc1. The number of halogens is 3. The molecule has 0 aliphatic carbocycles. The van der Waals surface area contributed by atoms with Crippen molar-refractivity contribution in [3.63, 3.8) is 0 Å². The van der Waals surface area contributed by atoms with Crippen LogP contribution in [0.4, 0.5) is 13.2 Å². The van der Waals surface area contributed by atoms with Gasteiger partial charge in [0.15, 0.2) is 0 Å². The number of thioether (sulfide) groups is 1. The van der Waals surface area contributed by atoms with Crippen molar-refractivity contribution in [1.82, 2.24) is 25.5 Å². The zero-order valence-electron chi connectivity index (χ0n) is 15.5. The maximum atomic E-state index is 12.8. The second-order valence-electron chi connectivity index (χ2n) is 6.23. The number of carbonyl (C=O) groups is 1. The third kappa shape index (κ3) is 6.05. The molecule has 10 heteroatoms. The van der Waals surface area contributed by atoms with Crippen molar-refractivity contribution in [3.8, 4) is 11.4 Å². The molecule has 2 aromatic carbocycles. The fourth-order valence-corrected chi connectivity index (χ4v) is 3.21. The second-order valence-corrected chi connectivity index (χ2v) is 7.40. The summed E-state index contributed by atoms with van der Waals surface area (Å²) in [4.78, 5) is 14.2. The van der Waals surface area contributed by atoms with E-state index in [0.29, 0.717) is 12.3 Å². The van der Waals surface area contributed by atoms with E-state index in [9.17, 15) is 18.0 Å². The Morgan fingerprint density at radius 2 is 1.93 bits per heavy atom. The van der Waals surface area contributed by atoms with Crippen LogP contribution in [0.25, 0.3) is 11.4 Å². The highest BCUT2D eigenvalue weighted by atomic mass is 32.2. The van der Waals surface area contributed by atoms with Gasteiger partial charge in [0.2, 0.25) is 11.7 Å². The van der Waals surface area contributed by atoms with Gasteiger partial charge < -0.3 is 5.32 Å². The number of carbonyl (C=O) groups excluding carboxylic acids is 1. The minimum atomic E-state index is -4.46. The third-order valence-electron chi connectivity index (χ3n) is 3.90. The standard InChI is InChI=1S/C19H18F3N5OS/c1-13-5-7-16(8-6-13)29-10-9-23-17(28)12-27-25-18(24-26-27)14-3-2-4-15(11-14)19(20,21)22/h2-8,11H,9-10,12H2,1H3,(H,23,28). The number of alkyl halides is 3. The molecule has 0 aliphatic heterocycles. The fraction of sp³-hybridized carbons (Fsp3) is 0.263.